The zero-order valence-electron chi connectivity index (χ0n) is 11.1. The van der Waals surface area contributed by atoms with Crippen molar-refractivity contribution in [1.29, 1.82) is 0 Å². The van der Waals surface area contributed by atoms with E-state index in [-0.39, 0.29) is 11.2 Å². The highest BCUT2D eigenvalue weighted by Crippen LogP contribution is 2.28. The van der Waals surface area contributed by atoms with Crippen molar-refractivity contribution in [3.8, 4) is 0 Å². The van der Waals surface area contributed by atoms with Crippen molar-refractivity contribution in [2.24, 2.45) is 0 Å². The molecule has 0 saturated carbocycles. The van der Waals surface area contributed by atoms with Gasteiger partial charge in [-0.25, -0.2) is 0 Å². The van der Waals surface area contributed by atoms with E-state index in [1.165, 1.54) is 24.9 Å². The third-order valence-corrected chi connectivity index (χ3v) is 4.31. The van der Waals surface area contributed by atoms with Crippen molar-refractivity contribution in [3.05, 3.63) is 24.3 Å². The fraction of sp³-hybridized carbons (Fsp3) is 0.533. The molecule has 3 rings (SSSR count). The van der Waals surface area contributed by atoms with Crippen LogP contribution in [0.3, 0.4) is 0 Å². The van der Waals surface area contributed by atoms with E-state index in [9.17, 15) is 4.79 Å². The van der Waals surface area contributed by atoms with Gasteiger partial charge in [-0.2, -0.15) is 12.6 Å². The van der Waals surface area contributed by atoms with Gasteiger partial charge >= 0.3 is 0 Å². The normalized spacial score (nSPS) is 24.1. The highest BCUT2D eigenvalue weighted by molar-refractivity contribution is 7.81. The number of anilines is 2. The Kier molecular flexibility index (Phi) is 3.69. The van der Waals surface area contributed by atoms with E-state index in [4.69, 9.17) is 0 Å². The van der Waals surface area contributed by atoms with Crippen LogP contribution in [0.5, 0.6) is 0 Å². The van der Waals surface area contributed by atoms with Crippen LogP contribution in [0.15, 0.2) is 24.3 Å². The molecule has 19 heavy (non-hydrogen) atoms. The predicted molar refractivity (Wildman–Crippen MR) is 82.3 cm³/mol. The topological polar surface area (TPSA) is 23.6 Å². The molecule has 3 nitrogen and oxygen atoms in total. The minimum atomic E-state index is 0.172. The third-order valence-electron chi connectivity index (χ3n) is 3.97. The minimum Gasteiger partial charge on any atom is -0.371 e. The van der Waals surface area contributed by atoms with E-state index in [1.807, 2.05) is 11.0 Å². The summed E-state index contributed by atoms with van der Waals surface area (Å²) >= 11 is 4.42. The number of hydrogen-bond acceptors (Lipinski definition) is 3. The molecule has 0 bridgehead atoms. The molecule has 1 aromatic carbocycles. The summed E-state index contributed by atoms with van der Waals surface area (Å²) in [5, 5.41) is 0.172. The first-order valence-corrected chi connectivity index (χ1v) is 7.59. The average molecular weight is 276 g/mol. The van der Waals surface area contributed by atoms with E-state index < -0.39 is 0 Å². The van der Waals surface area contributed by atoms with Crippen molar-refractivity contribution in [2.45, 2.75) is 30.9 Å². The maximum absolute atomic E-state index is 11.9. The Morgan fingerprint density at radius 2 is 1.84 bits per heavy atom. The lowest BCUT2D eigenvalue weighted by molar-refractivity contribution is -0.117. The zero-order chi connectivity index (χ0) is 13.2. The van der Waals surface area contributed by atoms with Gasteiger partial charge in [0, 0.05) is 42.7 Å². The molecule has 0 aromatic heterocycles. The number of hydrogen-bond donors (Lipinski definition) is 1. The number of rotatable bonds is 2. The fourth-order valence-electron chi connectivity index (χ4n) is 2.95. The molecule has 2 aliphatic rings. The second-order valence-corrected chi connectivity index (χ2v) is 6.16. The minimum absolute atomic E-state index is 0.172. The predicted octanol–water partition coefficient (Wildman–Crippen LogP) is 2.71. The van der Waals surface area contributed by atoms with E-state index in [0.717, 1.165) is 25.3 Å². The molecule has 0 spiro atoms. The van der Waals surface area contributed by atoms with E-state index in [0.29, 0.717) is 6.42 Å². The molecule has 2 heterocycles. The number of piperidine rings is 1. The Hall–Kier alpha value is -1.16. The van der Waals surface area contributed by atoms with Crippen LogP contribution in [0.4, 0.5) is 11.4 Å². The standard InChI is InChI=1S/C15H20N2OS/c18-15-10-14(19)11-17(15)13-6-4-5-12(9-13)16-7-2-1-3-8-16/h4-6,9,14,19H,1-3,7-8,10-11H2. The monoisotopic (exact) mass is 276 g/mol. The molecule has 4 heteroatoms. The van der Waals surface area contributed by atoms with Crippen LogP contribution >= 0.6 is 12.6 Å². The van der Waals surface area contributed by atoms with E-state index in [1.54, 1.807) is 0 Å². The Morgan fingerprint density at radius 1 is 1.11 bits per heavy atom. The molecule has 0 aliphatic carbocycles. The molecule has 0 N–H and O–H groups in total. The second-order valence-electron chi connectivity index (χ2n) is 5.43. The average Bonchev–Trinajstić information content (AvgIpc) is 2.79. The summed E-state index contributed by atoms with van der Waals surface area (Å²) in [7, 11) is 0. The van der Waals surface area contributed by atoms with Gasteiger partial charge in [-0.1, -0.05) is 6.07 Å². The quantitative estimate of drug-likeness (QED) is 0.840. The molecule has 2 fully saturated rings. The largest absolute Gasteiger partial charge is 0.371 e. The smallest absolute Gasteiger partial charge is 0.228 e. The summed E-state index contributed by atoms with van der Waals surface area (Å²) in [6, 6.07) is 8.37. The molecular weight excluding hydrogens is 256 g/mol. The molecule has 2 saturated heterocycles. The summed E-state index contributed by atoms with van der Waals surface area (Å²) in [6.07, 6.45) is 4.43. The van der Waals surface area contributed by atoms with Gasteiger partial charge < -0.3 is 9.80 Å². The second kappa shape index (κ2) is 5.45. The van der Waals surface area contributed by atoms with Crippen molar-refractivity contribution >= 4 is 29.9 Å². The van der Waals surface area contributed by atoms with Crippen LogP contribution in [0.1, 0.15) is 25.7 Å². The summed E-state index contributed by atoms with van der Waals surface area (Å²) in [5.74, 6) is 0.191. The molecule has 0 radical (unpaired) electrons. The van der Waals surface area contributed by atoms with Gasteiger partial charge in [-0.05, 0) is 37.5 Å². The molecule has 1 aromatic rings. The van der Waals surface area contributed by atoms with Crippen molar-refractivity contribution in [1.82, 2.24) is 0 Å². The van der Waals surface area contributed by atoms with Crippen molar-refractivity contribution in [2.75, 3.05) is 29.4 Å². The van der Waals surface area contributed by atoms with Crippen LogP contribution in [-0.4, -0.2) is 30.8 Å². The van der Waals surface area contributed by atoms with Gasteiger partial charge in [0.05, 0.1) is 0 Å². The Labute approximate surface area is 120 Å². The maximum atomic E-state index is 11.9. The number of thiol groups is 1. The molecule has 1 amide bonds. The van der Waals surface area contributed by atoms with Gasteiger partial charge in [0.1, 0.15) is 0 Å². The number of nitrogens with zero attached hydrogens (tertiary/aromatic N) is 2. The van der Waals surface area contributed by atoms with Gasteiger partial charge in [0.2, 0.25) is 5.91 Å². The maximum Gasteiger partial charge on any atom is 0.228 e. The van der Waals surface area contributed by atoms with Gasteiger partial charge in [-0.15, -0.1) is 0 Å². The van der Waals surface area contributed by atoms with Crippen molar-refractivity contribution in [3.63, 3.8) is 0 Å². The van der Waals surface area contributed by atoms with Crippen LogP contribution in [0.25, 0.3) is 0 Å². The van der Waals surface area contributed by atoms with E-state index in [2.05, 4.69) is 35.7 Å². The van der Waals surface area contributed by atoms with Gasteiger partial charge in [0.25, 0.3) is 0 Å². The first-order valence-electron chi connectivity index (χ1n) is 7.07. The number of carbonyl (C=O) groups is 1. The molecule has 102 valence electrons. The molecule has 1 atom stereocenters. The first-order chi connectivity index (χ1) is 9.24. The first kappa shape index (κ1) is 12.9. The summed E-state index contributed by atoms with van der Waals surface area (Å²) < 4.78 is 0. The lowest BCUT2D eigenvalue weighted by Crippen LogP contribution is -2.30. The molecular formula is C15H20N2OS. The lowest BCUT2D eigenvalue weighted by atomic mass is 10.1. The molecule has 2 aliphatic heterocycles. The van der Waals surface area contributed by atoms with Gasteiger partial charge in [-0.3, -0.25) is 4.79 Å². The van der Waals surface area contributed by atoms with Gasteiger partial charge in [0.15, 0.2) is 0 Å². The SMILES string of the molecule is O=C1CC(S)CN1c1cccc(N2CCCCC2)c1. The Bertz CT molecular complexity index is 471. The number of amides is 1. The summed E-state index contributed by atoms with van der Waals surface area (Å²) in [6.45, 7) is 2.99. The summed E-state index contributed by atoms with van der Waals surface area (Å²) in [4.78, 5) is 16.2. The highest BCUT2D eigenvalue weighted by Gasteiger charge is 2.28. The van der Waals surface area contributed by atoms with Crippen LogP contribution < -0.4 is 9.80 Å². The fourth-order valence-corrected chi connectivity index (χ4v) is 3.27. The van der Waals surface area contributed by atoms with Crippen molar-refractivity contribution < 1.29 is 4.79 Å². The highest BCUT2D eigenvalue weighted by atomic mass is 32.1. The third kappa shape index (κ3) is 2.73. The van der Waals surface area contributed by atoms with Crippen LogP contribution in [0.2, 0.25) is 0 Å². The van der Waals surface area contributed by atoms with E-state index >= 15 is 0 Å². The van der Waals surface area contributed by atoms with Crippen LogP contribution in [0, 0.1) is 0 Å². The molecule has 1 unspecified atom stereocenters. The van der Waals surface area contributed by atoms with Crippen LogP contribution in [-0.2, 0) is 4.79 Å². The Balaban J connectivity index is 1.81. The summed E-state index contributed by atoms with van der Waals surface area (Å²) in [5.41, 5.74) is 2.26. The number of benzene rings is 1. The zero-order valence-corrected chi connectivity index (χ0v) is 12.0. The number of carbonyl (C=O) groups excluding carboxylic acids is 1. The Morgan fingerprint density at radius 3 is 2.53 bits per heavy atom. The lowest BCUT2D eigenvalue weighted by Gasteiger charge is -2.29.